The number of fused-ring (bicyclic) bond motifs is 6. The summed E-state index contributed by atoms with van der Waals surface area (Å²) in [6, 6.07) is 17.2. The predicted molar refractivity (Wildman–Crippen MR) is 131 cm³/mol. The van der Waals surface area contributed by atoms with Crippen molar-refractivity contribution in [2.75, 3.05) is 13.6 Å². The maximum absolute atomic E-state index is 13.2. The zero-order chi connectivity index (χ0) is 23.5. The van der Waals surface area contributed by atoms with Gasteiger partial charge in [0, 0.05) is 37.6 Å². The highest BCUT2D eigenvalue weighted by Crippen LogP contribution is 2.28. The van der Waals surface area contributed by atoms with E-state index in [0.29, 0.717) is 43.4 Å². The van der Waals surface area contributed by atoms with Crippen molar-refractivity contribution in [3.8, 4) is 0 Å². The predicted octanol–water partition coefficient (Wildman–Crippen LogP) is 5.01. The number of amides is 2. The SMILES string of the molecule is Cc1ccc2cc1C(=O)N[C@H](C)c1cc(cc3ccccc13)C(=O)N(C)CCCC(=O)CC2. The molecule has 1 aliphatic heterocycles. The summed E-state index contributed by atoms with van der Waals surface area (Å²) in [5.74, 6) is -0.0661. The molecule has 0 saturated heterocycles. The van der Waals surface area contributed by atoms with Gasteiger partial charge in [0.2, 0.25) is 0 Å². The van der Waals surface area contributed by atoms with Gasteiger partial charge >= 0.3 is 0 Å². The Morgan fingerprint density at radius 1 is 0.939 bits per heavy atom. The van der Waals surface area contributed by atoms with Gasteiger partial charge in [-0.1, -0.05) is 36.4 Å². The lowest BCUT2D eigenvalue weighted by atomic mass is 9.95. The fraction of sp³-hybridized carbons (Fsp3) is 0.321. The number of rotatable bonds is 0. The van der Waals surface area contributed by atoms with Crippen molar-refractivity contribution in [3.63, 3.8) is 0 Å². The average Bonchev–Trinajstić information content (AvgIpc) is 2.81. The Morgan fingerprint density at radius 2 is 1.73 bits per heavy atom. The van der Waals surface area contributed by atoms with Gasteiger partial charge in [-0.15, -0.1) is 0 Å². The lowest BCUT2D eigenvalue weighted by Crippen LogP contribution is -2.29. The highest BCUT2D eigenvalue weighted by atomic mass is 16.2. The third kappa shape index (κ3) is 4.98. The van der Waals surface area contributed by atoms with E-state index in [1.54, 1.807) is 11.9 Å². The summed E-state index contributed by atoms with van der Waals surface area (Å²) in [7, 11) is 1.77. The van der Waals surface area contributed by atoms with Gasteiger partial charge in [-0.2, -0.15) is 0 Å². The Balaban J connectivity index is 1.78. The van der Waals surface area contributed by atoms with Gasteiger partial charge < -0.3 is 10.2 Å². The maximum atomic E-state index is 13.2. The second-order valence-corrected chi connectivity index (χ2v) is 9.00. The van der Waals surface area contributed by atoms with Gasteiger partial charge in [0.25, 0.3) is 11.8 Å². The van der Waals surface area contributed by atoms with Crippen molar-refractivity contribution in [1.82, 2.24) is 10.2 Å². The van der Waals surface area contributed by atoms with Crippen LogP contribution in [0.1, 0.15) is 69.6 Å². The summed E-state index contributed by atoms with van der Waals surface area (Å²) in [6.45, 7) is 4.39. The Labute approximate surface area is 194 Å². The first-order valence-corrected chi connectivity index (χ1v) is 11.5. The largest absolute Gasteiger partial charge is 0.345 e. The van der Waals surface area contributed by atoms with Crippen LogP contribution in [-0.2, 0) is 11.2 Å². The number of hydrogen-bond acceptors (Lipinski definition) is 3. The van der Waals surface area contributed by atoms with E-state index in [0.717, 1.165) is 27.5 Å². The lowest BCUT2D eigenvalue weighted by molar-refractivity contribution is -0.119. The Kier molecular flexibility index (Phi) is 6.59. The molecule has 0 unspecified atom stereocenters. The van der Waals surface area contributed by atoms with E-state index >= 15 is 0 Å². The number of ketones is 1. The zero-order valence-electron chi connectivity index (χ0n) is 19.5. The molecule has 1 aliphatic rings. The highest BCUT2D eigenvalue weighted by molar-refractivity contribution is 6.00. The number of nitrogens with one attached hydrogen (secondary N) is 1. The molecule has 1 heterocycles. The van der Waals surface area contributed by atoms with Crippen LogP contribution in [0.4, 0.5) is 0 Å². The third-order valence-electron chi connectivity index (χ3n) is 6.49. The molecular formula is C28H30N2O3. The van der Waals surface area contributed by atoms with E-state index in [1.807, 2.05) is 68.4 Å². The minimum Gasteiger partial charge on any atom is -0.345 e. The highest BCUT2D eigenvalue weighted by Gasteiger charge is 2.20. The van der Waals surface area contributed by atoms with Gasteiger partial charge in [-0.25, -0.2) is 0 Å². The molecule has 4 bridgehead atoms. The Bertz CT molecular complexity index is 1230. The standard InChI is InChI=1S/C28H30N2O3/c1-18-10-11-20-12-13-23(31)8-6-14-30(3)28(33)22-16-21-7-4-5-9-24(21)26(17-22)19(2)29-27(32)25(18)15-20/h4-5,7,9-11,15-17,19H,6,8,12-14H2,1-3H3,(H,29,32)/t19-/m1/s1. The maximum Gasteiger partial charge on any atom is 0.253 e. The van der Waals surface area contributed by atoms with Gasteiger partial charge in [0.15, 0.2) is 0 Å². The van der Waals surface area contributed by atoms with E-state index in [4.69, 9.17) is 0 Å². The van der Waals surface area contributed by atoms with E-state index in [2.05, 4.69) is 5.32 Å². The fourth-order valence-electron chi connectivity index (χ4n) is 4.49. The van der Waals surface area contributed by atoms with Crippen LogP contribution < -0.4 is 5.32 Å². The molecule has 5 heteroatoms. The van der Waals surface area contributed by atoms with Gasteiger partial charge in [-0.3, -0.25) is 14.4 Å². The number of hydrogen-bond donors (Lipinski definition) is 1. The quantitative estimate of drug-likeness (QED) is 0.532. The summed E-state index contributed by atoms with van der Waals surface area (Å²) in [6.07, 6.45) is 2.12. The smallest absolute Gasteiger partial charge is 0.253 e. The first kappa shape index (κ1) is 22.7. The monoisotopic (exact) mass is 442 g/mol. The van der Waals surface area contributed by atoms with Gasteiger partial charge in [0.1, 0.15) is 5.78 Å². The van der Waals surface area contributed by atoms with Gasteiger partial charge in [0.05, 0.1) is 6.04 Å². The van der Waals surface area contributed by atoms with E-state index in [-0.39, 0.29) is 23.6 Å². The summed E-state index contributed by atoms with van der Waals surface area (Å²) in [4.78, 5) is 40.5. The molecule has 33 heavy (non-hydrogen) atoms. The molecule has 0 aromatic heterocycles. The van der Waals surface area contributed by atoms with Crippen LogP contribution in [0.25, 0.3) is 10.8 Å². The average molecular weight is 443 g/mol. The minimum atomic E-state index is -0.291. The summed E-state index contributed by atoms with van der Waals surface area (Å²) >= 11 is 0. The number of nitrogens with zero attached hydrogens (tertiary/aromatic N) is 1. The molecule has 0 saturated carbocycles. The van der Waals surface area contributed by atoms with Crippen molar-refractivity contribution in [1.29, 1.82) is 0 Å². The van der Waals surface area contributed by atoms with E-state index in [1.165, 1.54) is 0 Å². The van der Waals surface area contributed by atoms with Gasteiger partial charge in [-0.05, 0) is 72.4 Å². The number of aryl methyl sites for hydroxylation is 2. The number of carbonyl (C=O) groups excluding carboxylic acids is 3. The van der Waals surface area contributed by atoms with Crippen LogP contribution in [0.5, 0.6) is 0 Å². The van der Waals surface area contributed by atoms with Crippen LogP contribution >= 0.6 is 0 Å². The molecule has 4 rings (SSSR count). The number of carbonyl (C=O) groups is 3. The molecule has 0 radical (unpaired) electrons. The van der Waals surface area contributed by atoms with E-state index in [9.17, 15) is 14.4 Å². The lowest BCUT2D eigenvalue weighted by Gasteiger charge is -2.21. The molecule has 0 spiro atoms. The van der Waals surface area contributed by atoms with Crippen LogP contribution in [0, 0.1) is 6.92 Å². The minimum absolute atomic E-state index is 0.0835. The number of benzene rings is 3. The van der Waals surface area contributed by atoms with Crippen LogP contribution in [0.2, 0.25) is 0 Å². The molecular weight excluding hydrogens is 412 g/mol. The summed E-state index contributed by atoms with van der Waals surface area (Å²) in [5, 5.41) is 5.10. The second-order valence-electron chi connectivity index (χ2n) is 9.00. The topological polar surface area (TPSA) is 66.5 Å². The van der Waals surface area contributed by atoms with Crippen molar-refractivity contribution in [2.24, 2.45) is 0 Å². The molecule has 5 nitrogen and oxygen atoms in total. The molecule has 2 amide bonds. The molecule has 1 N–H and O–H groups in total. The molecule has 3 aromatic rings. The molecule has 1 atom stereocenters. The van der Waals surface area contributed by atoms with Crippen LogP contribution in [-0.4, -0.2) is 36.1 Å². The molecule has 3 aromatic carbocycles. The molecule has 0 aliphatic carbocycles. The van der Waals surface area contributed by atoms with Crippen molar-refractivity contribution in [2.45, 2.75) is 45.6 Å². The molecule has 0 fully saturated rings. The first-order valence-electron chi connectivity index (χ1n) is 11.5. The van der Waals surface area contributed by atoms with Crippen molar-refractivity contribution in [3.05, 3.63) is 82.4 Å². The first-order chi connectivity index (χ1) is 15.8. The number of Topliss-reactive ketones (excluding diaryl/α,β-unsaturated/α-hetero) is 1. The van der Waals surface area contributed by atoms with E-state index < -0.39 is 0 Å². The second kappa shape index (κ2) is 9.57. The normalized spacial score (nSPS) is 18.2. The molecule has 170 valence electrons. The van der Waals surface area contributed by atoms with Crippen molar-refractivity contribution >= 4 is 28.4 Å². The van der Waals surface area contributed by atoms with Crippen molar-refractivity contribution < 1.29 is 14.4 Å². The fourth-order valence-corrected chi connectivity index (χ4v) is 4.49. The Morgan fingerprint density at radius 3 is 2.55 bits per heavy atom. The van der Waals surface area contributed by atoms with Crippen LogP contribution in [0.15, 0.2) is 54.6 Å². The van der Waals surface area contributed by atoms with Crippen LogP contribution in [0.3, 0.4) is 0 Å². The Hall–Kier alpha value is -3.47. The third-order valence-corrected chi connectivity index (χ3v) is 6.49. The zero-order valence-corrected chi connectivity index (χ0v) is 19.5. The summed E-state index contributed by atoms with van der Waals surface area (Å²) in [5.41, 5.74) is 3.99. The summed E-state index contributed by atoms with van der Waals surface area (Å²) < 4.78 is 0.